The Kier molecular flexibility index (Phi) is 6.18. The minimum absolute atomic E-state index is 0.0750. The van der Waals surface area contributed by atoms with E-state index in [0.717, 1.165) is 24.3 Å². The van der Waals surface area contributed by atoms with Gasteiger partial charge in [0.1, 0.15) is 11.4 Å². The van der Waals surface area contributed by atoms with Crippen LogP contribution in [0.1, 0.15) is 17.3 Å². The van der Waals surface area contributed by atoms with Crippen LogP contribution in [-0.2, 0) is 9.53 Å². The van der Waals surface area contributed by atoms with Crippen LogP contribution >= 0.6 is 0 Å². The second-order valence-electron chi connectivity index (χ2n) is 5.38. The van der Waals surface area contributed by atoms with Crippen LogP contribution in [0.4, 0.5) is 24.5 Å². The zero-order chi connectivity index (χ0) is 20.9. The van der Waals surface area contributed by atoms with Gasteiger partial charge in [0, 0.05) is 6.07 Å². The lowest BCUT2D eigenvalue weighted by atomic mass is 10.2. The van der Waals surface area contributed by atoms with Gasteiger partial charge >= 0.3 is 12.3 Å². The summed E-state index contributed by atoms with van der Waals surface area (Å²) >= 11 is 0. The predicted octanol–water partition coefficient (Wildman–Crippen LogP) is 3.68. The van der Waals surface area contributed by atoms with Gasteiger partial charge in [0.15, 0.2) is 6.10 Å². The number of alkyl halides is 3. The minimum Gasteiger partial charge on any atom is -0.449 e. The number of carbonyl (C=O) groups excluding carboxylic acids is 2. The van der Waals surface area contributed by atoms with Crippen molar-refractivity contribution in [2.45, 2.75) is 19.4 Å². The van der Waals surface area contributed by atoms with Crippen LogP contribution in [0.3, 0.4) is 0 Å². The molecule has 0 aliphatic carbocycles. The Bertz CT molecular complexity index is 883. The van der Waals surface area contributed by atoms with E-state index in [1.807, 2.05) is 0 Å². The predicted molar refractivity (Wildman–Crippen MR) is 89.7 cm³/mol. The third kappa shape index (κ3) is 5.69. The Morgan fingerprint density at radius 1 is 1.11 bits per heavy atom. The average molecular weight is 398 g/mol. The van der Waals surface area contributed by atoms with Crippen molar-refractivity contribution in [1.29, 1.82) is 0 Å². The fourth-order valence-corrected chi connectivity index (χ4v) is 2.05. The zero-order valence-corrected chi connectivity index (χ0v) is 14.2. The van der Waals surface area contributed by atoms with Crippen molar-refractivity contribution in [3.63, 3.8) is 0 Å². The third-order valence-electron chi connectivity index (χ3n) is 3.34. The van der Waals surface area contributed by atoms with Gasteiger partial charge in [-0.3, -0.25) is 14.9 Å². The molecule has 0 bridgehead atoms. The highest BCUT2D eigenvalue weighted by atomic mass is 19.4. The molecule has 2 rings (SSSR count). The van der Waals surface area contributed by atoms with E-state index in [4.69, 9.17) is 4.74 Å². The topological polar surface area (TPSA) is 108 Å². The molecule has 0 fully saturated rings. The van der Waals surface area contributed by atoms with Crippen LogP contribution in [0.15, 0.2) is 48.5 Å². The summed E-state index contributed by atoms with van der Waals surface area (Å²) < 4.78 is 45.0. The normalized spacial score (nSPS) is 12.0. The summed E-state index contributed by atoms with van der Waals surface area (Å²) in [5.74, 6) is -2.31. The lowest BCUT2D eigenvalue weighted by Gasteiger charge is -2.14. The van der Waals surface area contributed by atoms with Gasteiger partial charge in [-0.15, -0.1) is 13.2 Å². The standard InChI is InChI=1S/C17H13F3N2O6/c1-10(15(23)21-13-4-2-3-5-14(13)22(25)26)27-16(24)11-6-8-12(9-7-11)28-17(18,19)20/h2-10H,1H3,(H,21,23)/t10-/m1/s1. The number of para-hydroxylation sites is 2. The summed E-state index contributed by atoms with van der Waals surface area (Å²) in [6.45, 7) is 1.24. The molecule has 1 N–H and O–H groups in total. The van der Waals surface area contributed by atoms with Gasteiger partial charge in [-0.2, -0.15) is 0 Å². The first-order valence-corrected chi connectivity index (χ1v) is 7.68. The van der Waals surface area contributed by atoms with E-state index in [9.17, 15) is 32.9 Å². The molecule has 1 amide bonds. The molecule has 148 valence electrons. The number of carbonyl (C=O) groups is 2. The van der Waals surface area contributed by atoms with E-state index in [0.29, 0.717) is 0 Å². The summed E-state index contributed by atoms with van der Waals surface area (Å²) in [6, 6.07) is 9.31. The van der Waals surface area contributed by atoms with Crippen molar-refractivity contribution < 1.29 is 37.2 Å². The second kappa shape index (κ2) is 8.37. The monoisotopic (exact) mass is 398 g/mol. The van der Waals surface area contributed by atoms with Crippen molar-refractivity contribution in [3.05, 3.63) is 64.2 Å². The molecule has 0 aliphatic heterocycles. The van der Waals surface area contributed by atoms with Gasteiger partial charge in [-0.25, -0.2) is 4.79 Å². The van der Waals surface area contributed by atoms with Gasteiger partial charge in [0.05, 0.1) is 10.5 Å². The maximum atomic E-state index is 12.1. The maximum absolute atomic E-state index is 12.1. The molecule has 0 aromatic heterocycles. The molecule has 11 heteroatoms. The fourth-order valence-electron chi connectivity index (χ4n) is 2.05. The Morgan fingerprint density at radius 3 is 2.29 bits per heavy atom. The first-order valence-electron chi connectivity index (χ1n) is 7.68. The molecule has 0 saturated carbocycles. The maximum Gasteiger partial charge on any atom is 0.573 e. The molecule has 0 unspecified atom stereocenters. The molecular weight excluding hydrogens is 385 g/mol. The quantitative estimate of drug-likeness (QED) is 0.452. The van der Waals surface area contributed by atoms with Gasteiger partial charge in [-0.1, -0.05) is 12.1 Å². The summed E-state index contributed by atoms with van der Waals surface area (Å²) in [4.78, 5) is 34.4. The smallest absolute Gasteiger partial charge is 0.449 e. The van der Waals surface area contributed by atoms with Crippen molar-refractivity contribution in [3.8, 4) is 5.75 Å². The highest BCUT2D eigenvalue weighted by Gasteiger charge is 2.31. The molecule has 2 aromatic rings. The molecule has 0 saturated heterocycles. The summed E-state index contributed by atoms with van der Waals surface area (Å²) in [5, 5.41) is 13.2. The number of hydrogen-bond acceptors (Lipinski definition) is 6. The third-order valence-corrected chi connectivity index (χ3v) is 3.34. The lowest BCUT2D eigenvalue weighted by Crippen LogP contribution is -2.30. The average Bonchev–Trinajstić information content (AvgIpc) is 2.61. The van der Waals surface area contributed by atoms with Gasteiger partial charge in [-0.05, 0) is 37.3 Å². The molecule has 0 spiro atoms. The number of halogens is 3. The zero-order valence-electron chi connectivity index (χ0n) is 14.2. The van der Waals surface area contributed by atoms with E-state index in [1.165, 1.54) is 31.2 Å². The minimum atomic E-state index is -4.87. The number of rotatable bonds is 6. The van der Waals surface area contributed by atoms with Crippen LogP contribution in [-0.4, -0.2) is 29.3 Å². The Hall–Kier alpha value is -3.63. The van der Waals surface area contributed by atoms with Crippen molar-refractivity contribution >= 4 is 23.3 Å². The van der Waals surface area contributed by atoms with Crippen LogP contribution in [0.5, 0.6) is 5.75 Å². The van der Waals surface area contributed by atoms with E-state index in [-0.39, 0.29) is 16.9 Å². The SMILES string of the molecule is C[C@@H](OC(=O)c1ccc(OC(F)(F)F)cc1)C(=O)Nc1ccccc1[N+](=O)[O-]. The van der Waals surface area contributed by atoms with E-state index >= 15 is 0 Å². The van der Waals surface area contributed by atoms with Crippen LogP contribution in [0, 0.1) is 10.1 Å². The number of nitro benzene ring substituents is 1. The van der Waals surface area contributed by atoms with Gasteiger partial charge < -0.3 is 14.8 Å². The van der Waals surface area contributed by atoms with Crippen LogP contribution in [0.2, 0.25) is 0 Å². The molecule has 2 aromatic carbocycles. The number of esters is 1. The highest BCUT2D eigenvalue weighted by Crippen LogP contribution is 2.24. The van der Waals surface area contributed by atoms with Crippen molar-refractivity contribution in [2.24, 2.45) is 0 Å². The van der Waals surface area contributed by atoms with E-state index in [2.05, 4.69) is 10.1 Å². The fraction of sp³-hybridized carbons (Fsp3) is 0.176. The lowest BCUT2D eigenvalue weighted by molar-refractivity contribution is -0.383. The van der Waals surface area contributed by atoms with Crippen molar-refractivity contribution in [1.82, 2.24) is 0 Å². The van der Waals surface area contributed by atoms with Crippen LogP contribution < -0.4 is 10.1 Å². The van der Waals surface area contributed by atoms with Gasteiger partial charge in [0.25, 0.3) is 11.6 Å². The first-order chi connectivity index (χ1) is 13.1. The number of nitro groups is 1. The largest absolute Gasteiger partial charge is 0.573 e. The summed E-state index contributed by atoms with van der Waals surface area (Å²) in [6.07, 6.45) is -6.19. The number of hydrogen-bond donors (Lipinski definition) is 1. The second-order valence-corrected chi connectivity index (χ2v) is 5.38. The Morgan fingerprint density at radius 2 is 1.71 bits per heavy atom. The molecule has 0 radical (unpaired) electrons. The molecule has 28 heavy (non-hydrogen) atoms. The molecular formula is C17H13F3N2O6. The molecule has 0 heterocycles. The summed E-state index contributed by atoms with van der Waals surface area (Å²) in [7, 11) is 0. The number of benzene rings is 2. The number of nitrogens with one attached hydrogen (secondary N) is 1. The number of anilines is 1. The molecule has 0 aliphatic rings. The Labute approximate surface area is 156 Å². The highest BCUT2D eigenvalue weighted by molar-refractivity contribution is 5.98. The van der Waals surface area contributed by atoms with Crippen molar-refractivity contribution in [2.75, 3.05) is 5.32 Å². The van der Waals surface area contributed by atoms with E-state index in [1.54, 1.807) is 0 Å². The molecule has 8 nitrogen and oxygen atoms in total. The summed E-state index contributed by atoms with van der Waals surface area (Å²) in [5.41, 5.74) is -0.524. The molecule has 1 atom stereocenters. The van der Waals surface area contributed by atoms with Gasteiger partial charge in [0.2, 0.25) is 0 Å². The number of ether oxygens (including phenoxy) is 2. The number of amides is 1. The Balaban J connectivity index is 2.00. The van der Waals surface area contributed by atoms with Crippen LogP contribution in [0.25, 0.3) is 0 Å². The number of nitrogens with zero attached hydrogens (tertiary/aromatic N) is 1. The van der Waals surface area contributed by atoms with E-state index < -0.39 is 35.0 Å². The first kappa shape index (κ1) is 20.7.